The van der Waals surface area contributed by atoms with Crippen molar-refractivity contribution in [2.75, 3.05) is 0 Å². The molecule has 0 unspecified atom stereocenters. The average Bonchev–Trinajstić information content (AvgIpc) is 2.66. The van der Waals surface area contributed by atoms with E-state index in [9.17, 15) is 0 Å². The average molecular weight is 344 g/mol. The third kappa shape index (κ3) is 20.1. The molecule has 0 aliphatic rings. The summed E-state index contributed by atoms with van der Waals surface area (Å²) in [6.45, 7) is 9.56. The van der Waals surface area contributed by atoms with Gasteiger partial charge in [-0.15, -0.1) is 0 Å². The number of hydrogen-bond acceptors (Lipinski definition) is 2. The van der Waals surface area contributed by atoms with Gasteiger partial charge in [0, 0.05) is 6.08 Å². The first-order chi connectivity index (χ1) is 12.2. The number of nitriles is 1. The van der Waals surface area contributed by atoms with Crippen LogP contribution in [0.1, 0.15) is 82.3 Å². The fourth-order valence-corrected chi connectivity index (χ4v) is 2.57. The van der Waals surface area contributed by atoms with Gasteiger partial charge >= 0.3 is 0 Å². The predicted octanol–water partition coefficient (Wildman–Crippen LogP) is 6.97. The SMILES string of the molecule is C=CC#N.C=O.CCCCCCCCCCCCc1ccc(C)cc1. The Hall–Kier alpha value is -1.88. The standard InChI is InChI=1S/C19H32.C3H3N.CH2O/c1-3-4-5-6-7-8-9-10-11-12-13-19-16-14-18(2)15-17-19;1-2-3-4;1-2/h14-17H,3-13H2,1-2H3;2H,1H2;1H2. The number of carbonyl (C=O) groups is 1. The molecule has 0 N–H and O–H groups in total. The predicted molar refractivity (Wildman–Crippen MR) is 110 cm³/mol. The van der Waals surface area contributed by atoms with Gasteiger partial charge in [-0.3, -0.25) is 0 Å². The fraction of sp³-hybridized carbons (Fsp3) is 0.565. The highest BCUT2D eigenvalue weighted by molar-refractivity contribution is 5.21. The lowest BCUT2D eigenvalue weighted by Gasteiger charge is -2.03. The molecule has 0 radical (unpaired) electrons. The minimum absolute atomic E-state index is 1.18. The lowest BCUT2D eigenvalue weighted by Crippen LogP contribution is -1.87. The molecule has 0 aromatic heterocycles. The summed E-state index contributed by atoms with van der Waals surface area (Å²) >= 11 is 0. The van der Waals surface area contributed by atoms with Crippen LogP contribution in [0.25, 0.3) is 0 Å². The van der Waals surface area contributed by atoms with E-state index in [4.69, 9.17) is 10.1 Å². The van der Waals surface area contributed by atoms with Crippen molar-refractivity contribution in [3.63, 3.8) is 0 Å². The molecule has 0 atom stereocenters. The van der Waals surface area contributed by atoms with Crippen molar-refractivity contribution in [1.29, 1.82) is 5.26 Å². The van der Waals surface area contributed by atoms with Crippen molar-refractivity contribution in [2.24, 2.45) is 0 Å². The topological polar surface area (TPSA) is 40.9 Å². The number of unbranched alkanes of at least 4 members (excludes halogenated alkanes) is 9. The van der Waals surface area contributed by atoms with Crippen LogP contribution in [-0.2, 0) is 11.2 Å². The lowest BCUT2D eigenvalue weighted by atomic mass is 10.0. The van der Waals surface area contributed by atoms with Crippen LogP contribution >= 0.6 is 0 Å². The zero-order valence-electron chi connectivity index (χ0n) is 16.4. The van der Waals surface area contributed by atoms with Gasteiger partial charge in [-0.05, 0) is 25.3 Å². The molecule has 0 aliphatic heterocycles. The zero-order chi connectivity index (χ0) is 19.2. The molecule has 1 aromatic carbocycles. The van der Waals surface area contributed by atoms with Crippen LogP contribution in [0.5, 0.6) is 0 Å². The second-order valence-corrected chi connectivity index (χ2v) is 6.25. The molecule has 0 fully saturated rings. The molecular weight excluding hydrogens is 306 g/mol. The summed E-state index contributed by atoms with van der Waals surface area (Å²) in [4.78, 5) is 8.00. The van der Waals surface area contributed by atoms with E-state index < -0.39 is 0 Å². The molecule has 140 valence electrons. The Morgan fingerprint density at radius 2 is 1.28 bits per heavy atom. The van der Waals surface area contributed by atoms with Crippen molar-refractivity contribution in [2.45, 2.75) is 84.5 Å². The largest absolute Gasteiger partial charge is 0.307 e. The van der Waals surface area contributed by atoms with Crippen LogP contribution in [0.2, 0.25) is 0 Å². The van der Waals surface area contributed by atoms with Gasteiger partial charge in [-0.25, -0.2) is 0 Å². The van der Waals surface area contributed by atoms with Gasteiger partial charge in [-0.1, -0.05) is 101 Å². The van der Waals surface area contributed by atoms with Crippen molar-refractivity contribution < 1.29 is 4.79 Å². The normalized spacial score (nSPS) is 9.00. The van der Waals surface area contributed by atoms with Crippen LogP contribution in [-0.4, -0.2) is 6.79 Å². The molecule has 2 heteroatoms. The molecule has 0 heterocycles. The van der Waals surface area contributed by atoms with Crippen molar-refractivity contribution in [3.05, 3.63) is 48.0 Å². The molecule has 0 amide bonds. The highest BCUT2D eigenvalue weighted by Crippen LogP contribution is 2.12. The fourth-order valence-electron chi connectivity index (χ4n) is 2.57. The Morgan fingerprint density at radius 3 is 1.68 bits per heavy atom. The van der Waals surface area contributed by atoms with Crippen molar-refractivity contribution >= 4 is 6.79 Å². The molecule has 0 saturated carbocycles. The van der Waals surface area contributed by atoms with Crippen LogP contribution < -0.4 is 0 Å². The smallest absolute Gasteiger partial charge is 0.106 e. The second kappa shape index (κ2) is 22.1. The quantitative estimate of drug-likeness (QED) is 0.321. The summed E-state index contributed by atoms with van der Waals surface area (Å²) in [5.41, 5.74) is 2.87. The molecule has 1 rings (SSSR count). The first-order valence-corrected chi connectivity index (χ1v) is 9.59. The molecule has 0 bridgehead atoms. The molecular formula is C23H37NO. The van der Waals surface area contributed by atoms with Gasteiger partial charge in [-0.2, -0.15) is 5.26 Å². The van der Waals surface area contributed by atoms with Gasteiger partial charge in [0.15, 0.2) is 0 Å². The molecule has 25 heavy (non-hydrogen) atoms. The lowest BCUT2D eigenvalue weighted by molar-refractivity contribution is -0.0979. The summed E-state index contributed by atoms with van der Waals surface area (Å²) < 4.78 is 0. The van der Waals surface area contributed by atoms with E-state index in [1.807, 2.05) is 6.79 Å². The maximum atomic E-state index is 8.00. The number of carbonyl (C=O) groups excluding carboxylic acids is 1. The first kappa shape index (κ1) is 25.4. The Kier molecular flexibility index (Phi) is 22.4. The number of aryl methyl sites for hydroxylation is 2. The summed E-state index contributed by atoms with van der Waals surface area (Å²) in [7, 11) is 0. The number of benzene rings is 1. The Morgan fingerprint density at radius 1 is 0.880 bits per heavy atom. The van der Waals surface area contributed by atoms with Crippen LogP contribution in [0.15, 0.2) is 36.9 Å². The summed E-state index contributed by atoms with van der Waals surface area (Å²) in [6, 6.07) is 10.7. The van der Waals surface area contributed by atoms with E-state index >= 15 is 0 Å². The van der Waals surface area contributed by atoms with E-state index in [1.165, 1.54) is 87.8 Å². The van der Waals surface area contributed by atoms with E-state index in [1.54, 1.807) is 6.07 Å². The maximum Gasteiger partial charge on any atom is 0.106 e. The van der Waals surface area contributed by atoms with Crippen LogP contribution in [0.4, 0.5) is 0 Å². The Bertz CT molecular complexity index is 430. The number of rotatable bonds is 11. The van der Waals surface area contributed by atoms with Crippen LogP contribution in [0.3, 0.4) is 0 Å². The van der Waals surface area contributed by atoms with Gasteiger partial charge in [0.25, 0.3) is 0 Å². The number of hydrogen-bond donors (Lipinski definition) is 0. The number of allylic oxidation sites excluding steroid dienone is 1. The molecule has 0 spiro atoms. The van der Waals surface area contributed by atoms with Crippen molar-refractivity contribution in [1.82, 2.24) is 0 Å². The minimum atomic E-state index is 1.18. The van der Waals surface area contributed by atoms with Gasteiger partial charge in [0.05, 0.1) is 6.07 Å². The second-order valence-electron chi connectivity index (χ2n) is 6.25. The molecule has 2 nitrogen and oxygen atoms in total. The third-order valence-corrected chi connectivity index (χ3v) is 4.03. The zero-order valence-corrected chi connectivity index (χ0v) is 16.4. The molecule has 0 saturated heterocycles. The summed E-state index contributed by atoms with van der Waals surface area (Å²) in [5.74, 6) is 0. The van der Waals surface area contributed by atoms with E-state index in [2.05, 4.69) is 44.7 Å². The summed E-state index contributed by atoms with van der Waals surface area (Å²) in [5, 5.41) is 7.51. The monoisotopic (exact) mass is 343 g/mol. The highest BCUT2D eigenvalue weighted by atomic mass is 16.1. The summed E-state index contributed by atoms with van der Waals surface area (Å²) in [6.07, 6.45) is 16.7. The third-order valence-electron chi connectivity index (χ3n) is 4.03. The van der Waals surface area contributed by atoms with E-state index in [-0.39, 0.29) is 0 Å². The molecule has 1 aromatic rings. The maximum absolute atomic E-state index is 8.00. The van der Waals surface area contributed by atoms with Gasteiger partial charge in [0.1, 0.15) is 6.79 Å². The van der Waals surface area contributed by atoms with Gasteiger partial charge in [0.2, 0.25) is 0 Å². The highest BCUT2D eigenvalue weighted by Gasteiger charge is 1.95. The van der Waals surface area contributed by atoms with Crippen LogP contribution in [0, 0.1) is 18.3 Å². The van der Waals surface area contributed by atoms with E-state index in [0.717, 1.165) is 0 Å². The first-order valence-electron chi connectivity index (χ1n) is 9.59. The van der Waals surface area contributed by atoms with E-state index in [0.29, 0.717) is 0 Å². The minimum Gasteiger partial charge on any atom is -0.307 e. The van der Waals surface area contributed by atoms with Gasteiger partial charge < -0.3 is 4.79 Å². The Labute approximate surface area is 156 Å². The Balaban J connectivity index is 0. The molecule has 0 aliphatic carbocycles. The number of nitrogens with zero attached hydrogens (tertiary/aromatic N) is 1. The van der Waals surface area contributed by atoms with Crippen molar-refractivity contribution in [3.8, 4) is 6.07 Å².